The summed E-state index contributed by atoms with van der Waals surface area (Å²) in [5.41, 5.74) is 1.75. The number of halogens is 3. The Morgan fingerprint density at radius 2 is 1.56 bits per heavy atom. The van der Waals surface area contributed by atoms with Crippen LogP contribution in [-0.2, 0) is 10.8 Å². The van der Waals surface area contributed by atoms with Gasteiger partial charge in [-0.25, -0.2) is 4.21 Å². The third-order valence-corrected chi connectivity index (χ3v) is 6.46. The highest BCUT2D eigenvalue weighted by Gasteiger charge is 2.23. The summed E-state index contributed by atoms with van der Waals surface area (Å²) in [4.78, 5) is 1.60. The van der Waals surface area contributed by atoms with E-state index >= 15 is 0 Å². The fourth-order valence-electron chi connectivity index (χ4n) is 1.80. The number of anilines is 2. The maximum absolute atomic E-state index is 12.5. The molecule has 1 atom stereocenters. The topological polar surface area (TPSA) is 29.1 Å². The number of rotatable bonds is 0. The Morgan fingerprint density at radius 1 is 0.889 bits per heavy atom. The molecule has 1 heterocycles. The fourth-order valence-corrected chi connectivity index (χ4v) is 4.28. The van der Waals surface area contributed by atoms with Crippen molar-refractivity contribution in [3.8, 4) is 0 Å². The number of nitrogens with one attached hydrogen (secondary N) is 1. The Balaban J connectivity index is 2.22. The van der Waals surface area contributed by atoms with Crippen LogP contribution in [0.4, 0.5) is 11.4 Å². The highest BCUT2D eigenvalue weighted by Crippen LogP contribution is 2.41. The van der Waals surface area contributed by atoms with Gasteiger partial charge in [0.1, 0.15) is 0 Å². The van der Waals surface area contributed by atoms with Crippen LogP contribution in [0.2, 0.25) is 0 Å². The molecule has 1 N–H and O–H groups in total. The van der Waals surface area contributed by atoms with Gasteiger partial charge in [0, 0.05) is 13.4 Å². The lowest BCUT2D eigenvalue weighted by molar-refractivity contribution is 0.683. The maximum atomic E-state index is 12.5. The molecule has 2 aromatic rings. The van der Waals surface area contributed by atoms with Crippen LogP contribution in [0.25, 0.3) is 0 Å². The van der Waals surface area contributed by atoms with Crippen molar-refractivity contribution in [3.05, 3.63) is 43.7 Å². The van der Waals surface area contributed by atoms with E-state index in [1.54, 1.807) is 0 Å². The second-order valence-electron chi connectivity index (χ2n) is 3.80. The first-order chi connectivity index (χ1) is 8.56. The quantitative estimate of drug-likeness (QED) is 0.509. The van der Waals surface area contributed by atoms with Gasteiger partial charge in [-0.2, -0.15) is 0 Å². The van der Waals surface area contributed by atoms with Crippen LogP contribution in [0.3, 0.4) is 0 Å². The SMILES string of the molecule is O=S1c2ccc(Br)cc2Nc2cc(Br)c(Br)cc21. The molecule has 0 amide bonds. The van der Waals surface area contributed by atoms with Crippen LogP contribution < -0.4 is 5.32 Å². The van der Waals surface area contributed by atoms with Gasteiger partial charge < -0.3 is 5.32 Å². The molecular formula is C12H6Br3NOS. The van der Waals surface area contributed by atoms with Gasteiger partial charge in [0.15, 0.2) is 0 Å². The molecule has 0 radical (unpaired) electrons. The largest absolute Gasteiger partial charge is 0.353 e. The van der Waals surface area contributed by atoms with E-state index in [0.717, 1.165) is 34.6 Å². The van der Waals surface area contributed by atoms with Crippen molar-refractivity contribution in [2.24, 2.45) is 0 Å². The van der Waals surface area contributed by atoms with Gasteiger partial charge in [-0.05, 0) is 62.2 Å². The van der Waals surface area contributed by atoms with Crippen molar-refractivity contribution in [1.29, 1.82) is 0 Å². The third kappa shape index (κ3) is 2.09. The van der Waals surface area contributed by atoms with E-state index in [4.69, 9.17) is 0 Å². The average Bonchev–Trinajstić information content (AvgIpc) is 2.32. The summed E-state index contributed by atoms with van der Waals surface area (Å²) in [5, 5.41) is 3.31. The lowest BCUT2D eigenvalue weighted by Crippen LogP contribution is -2.08. The Hall–Kier alpha value is -0.170. The molecular weight excluding hydrogens is 446 g/mol. The minimum atomic E-state index is -1.15. The Bertz CT molecular complexity index is 687. The van der Waals surface area contributed by atoms with Crippen molar-refractivity contribution in [1.82, 2.24) is 0 Å². The van der Waals surface area contributed by atoms with Crippen molar-refractivity contribution in [2.45, 2.75) is 9.79 Å². The summed E-state index contributed by atoms with van der Waals surface area (Å²) in [6, 6.07) is 9.53. The van der Waals surface area contributed by atoms with Crippen LogP contribution in [0, 0.1) is 0 Å². The van der Waals surface area contributed by atoms with Gasteiger partial charge in [0.2, 0.25) is 0 Å². The van der Waals surface area contributed by atoms with Crippen LogP contribution in [0.1, 0.15) is 0 Å². The lowest BCUT2D eigenvalue weighted by atomic mass is 10.2. The summed E-state index contributed by atoms with van der Waals surface area (Å²) >= 11 is 10.3. The molecule has 3 rings (SSSR count). The predicted octanol–water partition coefficient (Wildman–Crippen LogP) is 5.20. The first-order valence-electron chi connectivity index (χ1n) is 5.03. The van der Waals surface area contributed by atoms with Crippen LogP contribution >= 0.6 is 47.8 Å². The van der Waals surface area contributed by atoms with E-state index in [1.165, 1.54) is 0 Å². The molecule has 92 valence electrons. The van der Waals surface area contributed by atoms with Gasteiger partial charge in [0.05, 0.1) is 32.0 Å². The molecule has 1 aliphatic heterocycles. The smallest absolute Gasteiger partial charge is 0.0892 e. The van der Waals surface area contributed by atoms with Gasteiger partial charge in [-0.3, -0.25) is 0 Å². The summed E-state index contributed by atoms with van der Waals surface area (Å²) in [6.45, 7) is 0. The number of hydrogen-bond donors (Lipinski definition) is 1. The van der Waals surface area contributed by atoms with E-state index in [-0.39, 0.29) is 0 Å². The monoisotopic (exact) mass is 449 g/mol. The summed E-state index contributed by atoms with van der Waals surface area (Å²) in [6.07, 6.45) is 0. The Morgan fingerprint density at radius 3 is 2.33 bits per heavy atom. The number of fused-ring (bicyclic) bond motifs is 2. The molecule has 0 aromatic heterocycles. The van der Waals surface area contributed by atoms with Crippen molar-refractivity contribution in [3.63, 3.8) is 0 Å². The zero-order chi connectivity index (χ0) is 12.9. The lowest BCUT2D eigenvalue weighted by Gasteiger charge is -2.21. The highest BCUT2D eigenvalue weighted by atomic mass is 79.9. The molecule has 2 nitrogen and oxygen atoms in total. The van der Waals surface area contributed by atoms with Crippen molar-refractivity contribution < 1.29 is 4.21 Å². The average molecular weight is 452 g/mol. The summed E-state index contributed by atoms with van der Waals surface area (Å²) in [7, 11) is -1.15. The molecule has 0 saturated carbocycles. The normalized spacial score (nSPS) is 16.7. The summed E-state index contributed by atoms with van der Waals surface area (Å²) < 4.78 is 15.3. The van der Waals surface area contributed by atoms with Gasteiger partial charge >= 0.3 is 0 Å². The first kappa shape index (κ1) is 12.8. The fraction of sp³-hybridized carbons (Fsp3) is 0. The molecule has 0 spiro atoms. The first-order valence-corrected chi connectivity index (χ1v) is 8.56. The molecule has 18 heavy (non-hydrogen) atoms. The van der Waals surface area contributed by atoms with E-state index < -0.39 is 10.8 Å². The van der Waals surface area contributed by atoms with Crippen LogP contribution in [0.15, 0.2) is 53.5 Å². The minimum Gasteiger partial charge on any atom is -0.353 e. The molecule has 1 aliphatic rings. The van der Waals surface area contributed by atoms with Gasteiger partial charge in [-0.15, -0.1) is 0 Å². The third-order valence-electron chi connectivity index (χ3n) is 2.63. The van der Waals surface area contributed by atoms with E-state index in [2.05, 4.69) is 53.1 Å². The van der Waals surface area contributed by atoms with Crippen LogP contribution in [0.5, 0.6) is 0 Å². The standard InChI is InChI=1S/C12H6Br3NOS/c13-6-1-2-11-9(3-6)16-10-4-7(14)8(15)5-12(10)18(11)17/h1-5,16H. The van der Waals surface area contributed by atoms with E-state index in [1.807, 2.05) is 30.3 Å². The summed E-state index contributed by atoms with van der Waals surface area (Å²) in [5.74, 6) is 0. The maximum Gasteiger partial charge on any atom is 0.0892 e. The van der Waals surface area contributed by atoms with Crippen molar-refractivity contribution in [2.75, 3.05) is 5.32 Å². The van der Waals surface area contributed by atoms with Crippen molar-refractivity contribution >= 4 is 70.0 Å². The Labute approximate surface area is 132 Å². The number of benzene rings is 2. The molecule has 1 unspecified atom stereocenters. The molecule has 0 bridgehead atoms. The highest BCUT2D eigenvalue weighted by molar-refractivity contribution is 9.13. The second kappa shape index (κ2) is 4.74. The number of hydrogen-bond acceptors (Lipinski definition) is 2. The van der Waals surface area contributed by atoms with Crippen LogP contribution in [-0.4, -0.2) is 4.21 Å². The van der Waals surface area contributed by atoms with E-state index in [9.17, 15) is 4.21 Å². The predicted molar refractivity (Wildman–Crippen MR) is 83.9 cm³/mol. The second-order valence-corrected chi connectivity index (χ2v) is 7.84. The molecule has 2 aromatic carbocycles. The van der Waals surface area contributed by atoms with E-state index in [0.29, 0.717) is 0 Å². The minimum absolute atomic E-state index is 0.792. The van der Waals surface area contributed by atoms with Gasteiger partial charge in [-0.1, -0.05) is 15.9 Å². The molecule has 0 fully saturated rings. The Kier molecular flexibility index (Phi) is 3.38. The molecule has 0 aliphatic carbocycles. The zero-order valence-electron chi connectivity index (χ0n) is 8.84. The van der Waals surface area contributed by atoms with Gasteiger partial charge in [0.25, 0.3) is 0 Å². The molecule has 6 heteroatoms. The molecule has 0 saturated heterocycles. The zero-order valence-corrected chi connectivity index (χ0v) is 14.4.